The minimum absolute atomic E-state index is 0.373. The highest BCUT2D eigenvalue weighted by Gasteiger charge is 2.15. The normalized spacial score (nSPS) is 11.5. The lowest BCUT2D eigenvalue weighted by Gasteiger charge is -1.98. The average Bonchev–Trinajstić information content (AvgIpc) is 3.00. The molecule has 2 aromatic carbocycles. The minimum atomic E-state index is 0.373. The van der Waals surface area contributed by atoms with Crippen LogP contribution in [0.25, 0.3) is 11.5 Å². The van der Waals surface area contributed by atoms with Gasteiger partial charge in [-0.05, 0) is 12.1 Å². The second-order valence-electron chi connectivity index (χ2n) is 4.13. The number of nitrogens with zero attached hydrogens (tertiary/aromatic N) is 3. The van der Waals surface area contributed by atoms with E-state index in [2.05, 4.69) is 15.2 Å². The molecule has 3 aromatic rings. The van der Waals surface area contributed by atoms with Crippen LogP contribution in [0.3, 0.4) is 0 Å². The second-order valence-corrected chi connectivity index (χ2v) is 4.13. The van der Waals surface area contributed by atoms with Gasteiger partial charge in [-0.25, -0.2) is 0 Å². The first kappa shape index (κ1) is 12.1. The summed E-state index contributed by atoms with van der Waals surface area (Å²) >= 11 is 0. The van der Waals surface area contributed by atoms with Crippen LogP contribution >= 0.6 is 0 Å². The van der Waals surface area contributed by atoms with E-state index in [1.165, 1.54) is 0 Å². The molecule has 1 aromatic heterocycles. The lowest BCUT2D eigenvalue weighted by molar-refractivity contribution is 0.429. The number of hydrazone groups is 1. The van der Waals surface area contributed by atoms with Crippen molar-refractivity contribution < 1.29 is 4.52 Å². The fourth-order valence-electron chi connectivity index (χ4n) is 1.88. The molecule has 1 heterocycles. The number of hydrogen-bond donors (Lipinski definition) is 1. The molecule has 0 amide bonds. The Labute approximate surface area is 115 Å². The molecule has 20 heavy (non-hydrogen) atoms. The highest BCUT2D eigenvalue weighted by atomic mass is 16.5. The smallest absolute Gasteiger partial charge is 0.258 e. The van der Waals surface area contributed by atoms with Gasteiger partial charge in [0.05, 0.1) is 0 Å². The summed E-state index contributed by atoms with van der Waals surface area (Å²) in [6, 6.07) is 19.1. The van der Waals surface area contributed by atoms with Gasteiger partial charge in [0.25, 0.3) is 5.89 Å². The van der Waals surface area contributed by atoms with Gasteiger partial charge in [-0.1, -0.05) is 53.7 Å². The van der Waals surface area contributed by atoms with E-state index >= 15 is 0 Å². The van der Waals surface area contributed by atoms with Crippen LogP contribution in [0.1, 0.15) is 11.4 Å². The largest absolute Gasteiger partial charge is 0.334 e. The molecule has 0 aliphatic rings. The molecule has 0 spiro atoms. The molecule has 0 fully saturated rings. The van der Waals surface area contributed by atoms with Crippen LogP contribution in [0.15, 0.2) is 70.3 Å². The monoisotopic (exact) mass is 264 g/mol. The summed E-state index contributed by atoms with van der Waals surface area (Å²) in [4.78, 5) is 4.34. The van der Waals surface area contributed by atoms with Crippen molar-refractivity contribution in [1.82, 2.24) is 10.1 Å². The lowest BCUT2D eigenvalue weighted by atomic mass is 10.1. The van der Waals surface area contributed by atoms with E-state index < -0.39 is 0 Å². The molecule has 5 nitrogen and oxygen atoms in total. The first-order valence-corrected chi connectivity index (χ1v) is 6.11. The van der Waals surface area contributed by atoms with Gasteiger partial charge in [0.15, 0.2) is 0 Å². The summed E-state index contributed by atoms with van der Waals surface area (Å²) in [6.45, 7) is 0. The van der Waals surface area contributed by atoms with Crippen LogP contribution in [0.5, 0.6) is 0 Å². The van der Waals surface area contributed by atoms with E-state index in [0.717, 1.165) is 11.1 Å². The van der Waals surface area contributed by atoms with Crippen molar-refractivity contribution in [2.75, 3.05) is 0 Å². The third-order valence-electron chi connectivity index (χ3n) is 2.83. The summed E-state index contributed by atoms with van der Waals surface area (Å²) in [5, 5.41) is 7.71. The SMILES string of the molecule is N/N=C(\c1ccccc1)c1noc(-c2ccccc2)n1. The second kappa shape index (κ2) is 5.36. The van der Waals surface area contributed by atoms with Gasteiger partial charge in [-0.3, -0.25) is 0 Å². The van der Waals surface area contributed by atoms with Crippen molar-refractivity contribution in [1.29, 1.82) is 0 Å². The Morgan fingerprint density at radius 3 is 2.25 bits per heavy atom. The quantitative estimate of drug-likeness (QED) is 0.448. The molecular weight excluding hydrogens is 252 g/mol. The van der Waals surface area contributed by atoms with Crippen molar-refractivity contribution >= 4 is 5.71 Å². The minimum Gasteiger partial charge on any atom is -0.334 e. The van der Waals surface area contributed by atoms with E-state index in [1.54, 1.807) is 0 Å². The van der Waals surface area contributed by atoms with E-state index in [9.17, 15) is 0 Å². The fraction of sp³-hybridized carbons (Fsp3) is 0. The van der Waals surface area contributed by atoms with Gasteiger partial charge in [0, 0.05) is 11.1 Å². The summed E-state index contributed by atoms with van der Waals surface area (Å²) in [6.07, 6.45) is 0. The highest BCUT2D eigenvalue weighted by molar-refractivity contribution is 6.10. The Morgan fingerprint density at radius 1 is 0.950 bits per heavy atom. The maximum absolute atomic E-state index is 5.45. The number of aromatic nitrogens is 2. The number of benzene rings is 2. The molecule has 0 aliphatic heterocycles. The zero-order chi connectivity index (χ0) is 13.8. The Hall–Kier alpha value is -2.95. The van der Waals surface area contributed by atoms with Crippen LogP contribution in [0.4, 0.5) is 0 Å². The van der Waals surface area contributed by atoms with E-state index in [4.69, 9.17) is 10.4 Å². The zero-order valence-corrected chi connectivity index (χ0v) is 10.6. The zero-order valence-electron chi connectivity index (χ0n) is 10.6. The molecule has 0 saturated heterocycles. The van der Waals surface area contributed by atoms with Gasteiger partial charge in [-0.2, -0.15) is 10.1 Å². The Bertz CT molecular complexity index is 720. The summed E-state index contributed by atoms with van der Waals surface area (Å²) in [5.41, 5.74) is 2.20. The number of rotatable bonds is 3. The number of hydrogen-bond acceptors (Lipinski definition) is 5. The molecule has 0 aliphatic carbocycles. The Kier molecular flexibility index (Phi) is 3.24. The molecule has 0 saturated carbocycles. The van der Waals surface area contributed by atoms with Crippen LogP contribution < -0.4 is 5.84 Å². The highest BCUT2D eigenvalue weighted by Crippen LogP contribution is 2.17. The van der Waals surface area contributed by atoms with Crippen LogP contribution in [-0.2, 0) is 0 Å². The van der Waals surface area contributed by atoms with E-state index in [-0.39, 0.29) is 0 Å². The van der Waals surface area contributed by atoms with Crippen molar-refractivity contribution in [3.8, 4) is 11.5 Å². The predicted molar refractivity (Wildman–Crippen MR) is 76.0 cm³/mol. The first-order valence-electron chi connectivity index (χ1n) is 6.11. The van der Waals surface area contributed by atoms with Crippen molar-refractivity contribution in [3.05, 3.63) is 72.1 Å². The van der Waals surface area contributed by atoms with Crippen LogP contribution in [0, 0.1) is 0 Å². The van der Waals surface area contributed by atoms with Crippen molar-refractivity contribution in [3.63, 3.8) is 0 Å². The molecule has 0 atom stereocenters. The lowest BCUT2D eigenvalue weighted by Crippen LogP contribution is -2.08. The molecule has 3 rings (SSSR count). The molecule has 5 heteroatoms. The summed E-state index contributed by atoms with van der Waals surface area (Å²) in [5.74, 6) is 6.27. The topological polar surface area (TPSA) is 77.3 Å². The first-order chi connectivity index (χ1) is 9.88. The Balaban J connectivity index is 1.98. The average molecular weight is 264 g/mol. The number of nitrogens with two attached hydrogens (primary N) is 1. The van der Waals surface area contributed by atoms with Gasteiger partial charge in [0.1, 0.15) is 5.71 Å². The molecule has 0 bridgehead atoms. The summed E-state index contributed by atoms with van der Waals surface area (Å²) < 4.78 is 5.26. The predicted octanol–water partition coefficient (Wildman–Crippen LogP) is 2.45. The van der Waals surface area contributed by atoms with Gasteiger partial charge >= 0.3 is 0 Å². The van der Waals surface area contributed by atoms with Crippen molar-refractivity contribution in [2.45, 2.75) is 0 Å². The molecule has 2 N–H and O–H groups in total. The summed E-state index contributed by atoms with van der Waals surface area (Å²) in [7, 11) is 0. The maximum atomic E-state index is 5.45. The van der Waals surface area contributed by atoms with Gasteiger partial charge < -0.3 is 10.4 Å². The van der Waals surface area contributed by atoms with Crippen molar-refractivity contribution in [2.24, 2.45) is 10.9 Å². The van der Waals surface area contributed by atoms with Crippen LogP contribution in [-0.4, -0.2) is 15.9 Å². The molecule has 98 valence electrons. The Morgan fingerprint density at radius 2 is 1.60 bits per heavy atom. The third-order valence-corrected chi connectivity index (χ3v) is 2.83. The standard InChI is InChI=1S/C15H12N4O/c16-18-13(11-7-3-1-4-8-11)14-17-15(20-19-14)12-9-5-2-6-10-12/h1-10H,16H2/b18-13+. The third kappa shape index (κ3) is 2.29. The van der Waals surface area contributed by atoms with E-state index in [1.807, 2.05) is 60.7 Å². The molecule has 0 unspecified atom stereocenters. The molecule has 0 radical (unpaired) electrons. The fourth-order valence-corrected chi connectivity index (χ4v) is 1.88. The van der Waals surface area contributed by atoms with E-state index in [0.29, 0.717) is 17.4 Å². The van der Waals surface area contributed by atoms with Gasteiger partial charge in [0.2, 0.25) is 5.82 Å². The van der Waals surface area contributed by atoms with Crippen LogP contribution in [0.2, 0.25) is 0 Å². The van der Waals surface area contributed by atoms with Gasteiger partial charge in [-0.15, -0.1) is 0 Å². The molecular formula is C15H12N4O. The maximum Gasteiger partial charge on any atom is 0.258 e.